The van der Waals surface area contributed by atoms with Crippen LogP contribution in [0.25, 0.3) is 11.3 Å². The van der Waals surface area contributed by atoms with E-state index >= 15 is 0 Å². The molecule has 1 heterocycles. The number of nitrogens with one attached hydrogen (secondary N) is 1. The summed E-state index contributed by atoms with van der Waals surface area (Å²) in [5, 5.41) is 7.56. The van der Waals surface area contributed by atoms with Gasteiger partial charge in [0.25, 0.3) is 0 Å². The lowest BCUT2D eigenvalue weighted by Crippen LogP contribution is -2.11. The van der Waals surface area contributed by atoms with Crippen LogP contribution >= 0.6 is 11.5 Å². The van der Waals surface area contributed by atoms with E-state index < -0.39 is 0 Å². The van der Waals surface area contributed by atoms with Crippen LogP contribution in [-0.4, -0.2) is 16.1 Å². The second-order valence-corrected chi connectivity index (χ2v) is 5.44. The minimum absolute atomic E-state index is 0.564. The van der Waals surface area contributed by atoms with Crippen molar-refractivity contribution in [2.24, 2.45) is 0 Å². The largest absolute Gasteiger partial charge is 0.312 e. The van der Waals surface area contributed by atoms with E-state index in [1.54, 1.807) is 0 Å². The van der Waals surface area contributed by atoms with Gasteiger partial charge in [0.15, 0.2) is 0 Å². The van der Waals surface area contributed by atoms with Crippen molar-refractivity contribution in [1.29, 1.82) is 0 Å². The van der Waals surface area contributed by atoms with Gasteiger partial charge in [-0.1, -0.05) is 49.5 Å². The molecule has 96 valence electrons. The van der Waals surface area contributed by atoms with Crippen LogP contribution in [0.15, 0.2) is 24.3 Å². The van der Waals surface area contributed by atoms with Crippen LogP contribution in [0.5, 0.6) is 0 Å². The molecule has 1 aromatic carbocycles. The van der Waals surface area contributed by atoms with E-state index in [2.05, 4.69) is 59.9 Å². The Labute approximate surface area is 112 Å². The van der Waals surface area contributed by atoms with Gasteiger partial charge in [-0.25, -0.2) is 0 Å². The average molecular weight is 261 g/mol. The Morgan fingerprint density at radius 1 is 1.22 bits per heavy atom. The Hall–Kier alpha value is -1.26. The Morgan fingerprint density at radius 2 is 1.94 bits per heavy atom. The van der Waals surface area contributed by atoms with E-state index in [0.717, 1.165) is 24.3 Å². The molecular formula is C14H19N3S. The van der Waals surface area contributed by atoms with Gasteiger partial charge in [0.05, 0.1) is 4.88 Å². The third-order valence-corrected chi connectivity index (χ3v) is 3.66. The quantitative estimate of drug-likeness (QED) is 0.896. The predicted molar refractivity (Wildman–Crippen MR) is 76.8 cm³/mol. The Morgan fingerprint density at radius 3 is 2.56 bits per heavy atom. The van der Waals surface area contributed by atoms with Crippen LogP contribution < -0.4 is 5.32 Å². The van der Waals surface area contributed by atoms with Crippen molar-refractivity contribution < 1.29 is 0 Å². The second kappa shape index (κ2) is 6.07. The number of hydrogen-bond acceptors (Lipinski definition) is 4. The normalized spacial score (nSPS) is 11.1. The zero-order valence-electron chi connectivity index (χ0n) is 11.1. The summed E-state index contributed by atoms with van der Waals surface area (Å²) in [4.78, 5) is 1.20. The van der Waals surface area contributed by atoms with Crippen molar-refractivity contribution in [3.63, 3.8) is 0 Å². The molecule has 4 heteroatoms. The van der Waals surface area contributed by atoms with Gasteiger partial charge in [0.1, 0.15) is 5.69 Å². The molecule has 0 aliphatic carbocycles. The van der Waals surface area contributed by atoms with Gasteiger partial charge in [-0.3, -0.25) is 0 Å². The van der Waals surface area contributed by atoms with Crippen LogP contribution in [0.4, 0.5) is 0 Å². The smallest absolute Gasteiger partial charge is 0.110 e. The first kappa shape index (κ1) is 13.2. The molecule has 0 amide bonds. The maximum Gasteiger partial charge on any atom is 0.110 e. The lowest BCUT2D eigenvalue weighted by atomic mass is 10.0. The molecule has 0 saturated carbocycles. The summed E-state index contributed by atoms with van der Waals surface area (Å²) in [6.07, 6.45) is 0. The molecule has 1 aromatic heterocycles. The lowest BCUT2D eigenvalue weighted by Gasteiger charge is -2.06. The van der Waals surface area contributed by atoms with E-state index in [9.17, 15) is 0 Å². The van der Waals surface area contributed by atoms with Crippen LogP contribution in [-0.2, 0) is 6.54 Å². The summed E-state index contributed by atoms with van der Waals surface area (Å²) in [5.41, 5.74) is 3.52. The summed E-state index contributed by atoms with van der Waals surface area (Å²) in [7, 11) is 0. The number of benzene rings is 1. The molecule has 0 aliphatic rings. The van der Waals surface area contributed by atoms with E-state index in [1.165, 1.54) is 22.0 Å². The molecular weight excluding hydrogens is 242 g/mol. The van der Waals surface area contributed by atoms with Gasteiger partial charge in [-0.15, -0.1) is 5.10 Å². The maximum absolute atomic E-state index is 4.24. The SMILES string of the molecule is CCNCc1snnc1-c1ccc(C(C)C)cc1. The standard InChI is InChI=1S/C14H19N3S/c1-4-15-9-13-14(16-17-18-13)12-7-5-11(6-8-12)10(2)3/h5-8,10,15H,4,9H2,1-3H3. The first-order valence-corrected chi connectivity index (χ1v) is 7.12. The lowest BCUT2D eigenvalue weighted by molar-refractivity contribution is 0.735. The molecule has 2 aromatic rings. The minimum atomic E-state index is 0.564. The molecule has 0 aliphatic heterocycles. The zero-order valence-corrected chi connectivity index (χ0v) is 11.9. The molecule has 0 saturated heterocycles. The maximum atomic E-state index is 4.24. The van der Waals surface area contributed by atoms with Gasteiger partial charge in [0.2, 0.25) is 0 Å². The third kappa shape index (κ3) is 2.94. The average Bonchev–Trinajstić information content (AvgIpc) is 2.84. The van der Waals surface area contributed by atoms with Crippen molar-refractivity contribution in [3.05, 3.63) is 34.7 Å². The first-order chi connectivity index (χ1) is 8.72. The van der Waals surface area contributed by atoms with Crippen LogP contribution in [0.2, 0.25) is 0 Å². The number of aromatic nitrogens is 2. The van der Waals surface area contributed by atoms with Gasteiger partial charge in [-0.2, -0.15) is 0 Å². The molecule has 0 unspecified atom stereocenters. The molecule has 2 rings (SSSR count). The Bertz CT molecular complexity index is 488. The predicted octanol–water partition coefficient (Wildman–Crippen LogP) is 3.44. The Kier molecular flexibility index (Phi) is 4.44. The highest BCUT2D eigenvalue weighted by atomic mass is 32.1. The zero-order chi connectivity index (χ0) is 13.0. The summed E-state index contributed by atoms with van der Waals surface area (Å²) in [6.45, 7) is 8.32. The highest BCUT2D eigenvalue weighted by Gasteiger charge is 2.10. The Balaban J connectivity index is 2.23. The molecule has 0 fully saturated rings. The number of rotatable bonds is 5. The fraction of sp³-hybridized carbons (Fsp3) is 0.429. The summed E-state index contributed by atoms with van der Waals surface area (Å²) >= 11 is 1.47. The van der Waals surface area contributed by atoms with Gasteiger partial charge in [-0.05, 0) is 29.6 Å². The van der Waals surface area contributed by atoms with Crippen molar-refractivity contribution in [1.82, 2.24) is 14.9 Å². The van der Waals surface area contributed by atoms with Gasteiger partial charge >= 0.3 is 0 Å². The topological polar surface area (TPSA) is 37.8 Å². The van der Waals surface area contributed by atoms with E-state index in [-0.39, 0.29) is 0 Å². The number of nitrogens with zero attached hydrogens (tertiary/aromatic N) is 2. The van der Waals surface area contributed by atoms with Crippen LogP contribution in [0, 0.1) is 0 Å². The third-order valence-electron chi connectivity index (χ3n) is 2.94. The van der Waals surface area contributed by atoms with Crippen LogP contribution in [0.1, 0.15) is 37.1 Å². The van der Waals surface area contributed by atoms with Crippen LogP contribution in [0.3, 0.4) is 0 Å². The second-order valence-electron chi connectivity index (χ2n) is 4.60. The van der Waals surface area contributed by atoms with E-state index in [0.29, 0.717) is 5.92 Å². The van der Waals surface area contributed by atoms with Crippen molar-refractivity contribution in [2.45, 2.75) is 33.2 Å². The summed E-state index contributed by atoms with van der Waals surface area (Å²) < 4.78 is 4.06. The van der Waals surface area contributed by atoms with E-state index in [1.807, 2.05) is 0 Å². The monoisotopic (exact) mass is 261 g/mol. The fourth-order valence-corrected chi connectivity index (χ4v) is 2.44. The molecule has 0 radical (unpaired) electrons. The minimum Gasteiger partial charge on any atom is -0.312 e. The summed E-state index contributed by atoms with van der Waals surface area (Å²) in [6, 6.07) is 8.63. The van der Waals surface area contributed by atoms with E-state index in [4.69, 9.17) is 0 Å². The van der Waals surface area contributed by atoms with Crippen molar-refractivity contribution in [2.75, 3.05) is 6.54 Å². The molecule has 3 nitrogen and oxygen atoms in total. The van der Waals surface area contributed by atoms with Crippen molar-refractivity contribution in [3.8, 4) is 11.3 Å². The fourth-order valence-electron chi connectivity index (χ4n) is 1.81. The molecule has 18 heavy (non-hydrogen) atoms. The van der Waals surface area contributed by atoms with Gasteiger partial charge < -0.3 is 5.32 Å². The highest BCUT2D eigenvalue weighted by Crippen LogP contribution is 2.25. The molecule has 1 N–H and O–H groups in total. The highest BCUT2D eigenvalue weighted by molar-refractivity contribution is 7.05. The number of hydrogen-bond donors (Lipinski definition) is 1. The molecule has 0 spiro atoms. The van der Waals surface area contributed by atoms with Gasteiger partial charge in [0, 0.05) is 12.1 Å². The molecule has 0 bridgehead atoms. The first-order valence-electron chi connectivity index (χ1n) is 6.34. The van der Waals surface area contributed by atoms with Crippen molar-refractivity contribution >= 4 is 11.5 Å². The molecule has 0 atom stereocenters. The summed E-state index contributed by atoms with van der Waals surface area (Å²) in [5.74, 6) is 0.564.